The molecule has 0 atom stereocenters. The van der Waals surface area contributed by atoms with E-state index in [9.17, 15) is 49.1 Å². The highest BCUT2D eigenvalue weighted by Crippen LogP contribution is 2.41. The third kappa shape index (κ3) is 4.43. The van der Waals surface area contributed by atoms with Gasteiger partial charge in [0.2, 0.25) is 0 Å². The fourth-order valence-corrected chi connectivity index (χ4v) is 2.33. The molecule has 0 spiro atoms. The van der Waals surface area contributed by atoms with Crippen LogP contribution in [-0.4, -0.2) is 11.9 Å². The molecule has 2 rings (SSSR count). The van der Waals surface area contributed by atoms with E-state index in [0.717, 1.165) is 0 Å². The van der Waals surface area contributed by atoms with Crippen LogP contribution in [-0.2, 0) is 12.4 Å². The molecule has 0 fully saturated rings. The van der Waals surface area contributed by atoms with Crippen LogP contribution in [0, 0.1) is 17.5 Å². The lowest BCUT2D eigenvalue weighted by atomic mass is 9.95. The first-order valence-electron chi connectivity index (χ1n) is 7.21. The minimum atomic E-state index is -5.58. The van der Waals surface area contributed by atoms with Gasteiger partial charge in [0.15, 0.2) is 0 Å². The number of alkyl halides is 6. The zero-order valence-electron chi connectivity index (χ0n) is 13.6. The molecule has 0 bridgehead atoms. The highest BCUT2D eigenvalue weighted by molar-refractivity contribution is 6.04. The average molecular weight is 430 g/mol. The summed E-state index contributed by atoms with van der Waals surface area (Å²) in [6.07, 6.45) is -11.0. The van der Waals surface area contributed by atoms with E-state index in [1.54, 1.807) is 0 Å². The molecule has 4 nitrogen and oxygen atoms in total. The Kier molecular flexibility index (Phi) is 5.54. The van der Waals surface area contributed by atoms with Gasteiger partial charge in [-0.1, -0.05) is 0 Å². The molecule has 0 radical (unpaired) electrons. The van der Waals surface area contributed by atoms with Crippen molar-refractivity contribution >= 4 is 11.9 Å². The fraction of sp³-hybridized carbons (Fsp3) is 0.125. The highest BCUT2D eigenvalue weighted by atomic mass is 19.4. The van der Waals surface area contributed by atoms with E-state index >= 15 is 0 Å². The lowest BCUT2D eigenvalue weighted by Crippen LogP contribution is -2.36. The maximum Gasteiger partial charge on any atom is 0.419 e. The zero-order valence-corrected chi connectivity index (χ0v) is 13.6. The van der Waals surface area contributed by atoms with E-state index in [1.165, 1.54) is 5.32 Å². The molecule has 0 aliphatic heterocycles. The maximum atomic E-state index is 14.6. The molecule has 0 saturated heterocycles. The van der Waals surface area contributed by atoms with Gasteiger partial charge in [-0.2, -0.15) is 26.3 Å². The van der Waals surface area contributed by atoms with Crippen molar-refractivity contribution in [1.82, 2.24) is 5.32 Å². The Bertz CT molecular complexity index is 997. The average Bonchev–Trinajstić information content (AvgIpc) is 2.52. The van der Waals surface area contributed by atoms with E-state index in [2.05, 4.69) is 5.73 Å². The van der Waals surface area contributed by atoms with Crippen molar-refractivity contribution < 1.29 is 49.1 Å². The molecule has 0 aliphatic carbocycles. The number of hydrogen-bond acceptors (Lipinski definition) is 2. The summed E-state index contributed by atoms with van der Waals surface area (Å²) in [6, 6.07) is -1.56. The van der Waals surface area contributed by atoms with Crippen LogP contribution >= 0.6 is 0 Å². The Morgan fingerprint density at radius 3 is 1.90 bits per heavy atom. The molecule has 0 aromatic heterocycles. The standard InChI is InChI=1S/C16H7F9N2O2/c17-9-2-1-6(12(19)10(9)13(28)27-14(26)29)7-3-5(15(20,21)22)4-8(11(7)18)16(23,24)25/h1-4H,(H3,26,27,28,29). The lowest BCUT2D eigenvalue weighted by molar-refractivity contribution is -0.144. The Labute approximate surface area is 155 Å². The van der Waals surface area contributed by atoms with Crippen molar-refractivity contribution in [1.29, 1.82) is 0 Å². The van der Waals surface area contributed by atoms with Crippen molar-refractivity contribution in [2.45, 2.75) is 12.4 Å². The summed E-state index contributed by atoms with van der Waals surface area (Å²) in [5.74, 6) is -7.70. The normalized spacial score (nSPS) is 12.0. The molecule has 2 aromatic carbocycles. The number of benzene rings is 2. The fourth-order valence-electron chi connectivity index (χ4n) is 2.33. The zero-order chi connectivity index (χ0) is 22.3. The number of rotatable bonds is 2. The molecular formula is C16H7F9N2O2. The number of hydrogen-bond donors (Lipinski definition) is 2. The summed E-state index contributed by atoms with van der Waals surface area (Å²) in [5.41, 5.74) is -4.08. The first-order valence-corrected chi connectivity index (χ1v) is 7.21. The number of nitrogens with two attached hydrogens (primary N) is 1. The van der Waals surface area contributed by atoms with Gasteiger partial charge in [0.05, 0.1) is 11.1 Å². The molecular weight excluding hydrogens is 423 g/mol. The van der Waals surface area contributed by atoms with E-state index in [0.29, 0.717) is 12.1 Å². The summed E-state index contributed by atoms with van der Waals surface area (Å²) in [5, 5.41) is 1.27. The molecule has 156 valence electrons. The molecule has 0 saturated carbocycles. The van der Waals surface area contributed by atoms with E-state index in [1.807, 2.05) is 0 Å². The number of amides is 3. The Morgan fingerprint density at radius 1 is 0.828 bits per heavy atom. The predicted molar refractivity (Wildman–Crippen MR) is 78.8 cm³/mol. The minimum Gasteiger partial charge on any atom is -0.351 e. The van der Waals surface area contributed by atoms with Gasteiger partial charge in [-0.05, 0) is 24.3 Å². The number of primary amides is 1. The summed E-state index contributed by atoms with van der Waals surface area (Å²) in [6.45, 7) is 0. The molecule has 0 heterocycles. The van der Waals surface area contributed by atoms with Crippen LogP contribution in [0.15, 0.2) is 24.3 Å². The second-order valence-electron chi connectivity index (χ2n) is 5.48. The smallest absolute Gasteiger partial charge is 0.351 e. The Hall–Kier alpha value is -3.25. The largest absolute Gasteiger partial charge is 0.419 e. The van der Waals surface area contributed by atoms with Crippen LogP contribution in [0.4, 0.5) is 44.3 Å². The van der Waals surface area contributed by atoms with E-state index < -0.39 is 75.6 Å². The second-order valence-corrected chi connectivity index (χ2v) is 5.48. The Morgan fingerprint density at radius 2 is 1.41 bits per heavy atom. The maximum absolute atomic E-state index is 14.6. The van der Waals surface area contributed by atoms with Gasteiger partial charge in [0, 0.05) is 11.1 Å². The van der Waals surface area contributed by atoms with Crippen molar-refractivity contribution in [3.05, 3.63) is 58.4 Å². The predicted octanol–water partition coefficient (Wildman–Crippen LogP) is 4.62. The highest BCUT2D eigenvalue weighted by Gasteiger charge is 2.40. The SMILES string of the molecule is NC(=O)NC(=O)c1c(F)ccc(-c2cc(C(F)(F)F)cc(C(F)(F)F)c2F)c1F. The lowest BCUT2D eigenvalue weighted by Gasteiger charge is -2.17. The van der Waals surface area contributed by atoms with Gasteiger partial charge in [-0.25, -0.2) is 18.0 Å². The van der Waals surface area contributed by atoms with E-state index in [4.69, 9.17) is 0 Å². The molecule has 0 unspecified atom stereocenters. The van der Waals surface area contributed by atoms with Gasteiger partial charge >= 0.3 is 18.4 Å². The van der Waals surface area contributed by atoms with Crippen molar-refractivity contribution in [3.8, 4) is 11.1 Å². The molecule has 0 aliphatic rings. The molecule has 2 aromatic rings. The van der Waals surface area contributed by atoms with Crippen LogP contribution in [0.1, 0.15) is 21.5 Å². The first-order chi connectivity index (χ1) is 13.1. The van der Waals surface area contributed by atoms with Gasteiger partial charge in [0.25, 0.3) is 5.91 Å². The number of carbonyl (C=O) groups is 2. The molecule has 13 heteroatoms. The number of carbonyl (C=O) groups excluding carboxylic acids is 2. The van der Waals surface area contributed by atoms with Crippen LogP contribution in [0.5, 0.6) is 0 Å². The van der Waals surface area contributed by atoms with Crippen LogP contribution in [0.3, 0.4) is 0 Å². The van der Waals surface area contributed by atoms with Gasteiger partial charge in [-0.3, -0.25) is 10.1 Å². The summed E-state index contributed by atoms with van der Waals surface area (Å²) < 4.78 is 120. The van der Waals surface area contributed by atoms with Crippen LogP contribution < -0.4 is 11.1 Å². The summed E-state index contributed by atoms with van der Waals surface area (Å²) in [4.78, 5) is 22.3. The van der Waals surface area contributed by atoms with Crippen molar-refractivity contribution in [2.75, 3.05) is 0 Å². The van der Waals surface area contributed by atoms with Gasteiger partial charge in [-0.15, -0.1) is 0 Å². The van der Waals surface area contributed by atoms with Gasteiger partial charge < -0.3 is 5.73 Å². The summed E-state index contributed by atoms with van der Waals surface area (Å²) >= 11 is 0. The third-order valence-corrected chi connectivity index (χ3v) is 3.55. The van der Waals surface area contributed by atoms with Crippen molar-refractivity contribution in [2.24, 2.45) is 5.73 Å². The number of nitrogens with one attached hydrogen (secondary N) is 1. The molecule has 3 N–H and O–H groups in total. The van der Waals surface area contributed by atoms with Gasteiger partial charge in [0.1, 0.15) is 23.0 Å². The number of halogens is 9. The van der Waals surface area contributed by atoms with Crippen LogP contribution in [0.25, 0.3) is 11.1 Å². The topological polar surface area (TPSA) is 72.2 Å². The van der Waals surface area contributed by atoms with Crippen LogP contribution in [0.2, 0.25) is 0 Å². The van der Waals surface area contributed by atoms with Crippen molar-refractivity contribution in [3.63, 3.8) is 0 Å². The third-order valence-electron chi connectivity index (χ3n) is 3.55. The number of urea groups is 1. The first kappa shape index (κ1) is 22.0. The number of imide groups is 1. The quantitative estimate of drug-likeness (QED) is 0.683. The monoisotopic (exact) mass is 430 g/mol. The molecule has 3 amide bonds. The second kappa shape index (κ2) is 7.29. The molecule has 29 heavy (non-hydrogen) atoms. The Balaban J connectivity index is 2.84. The van der Waals surface area contributed by atoms with E-state index in [-0.39, 0.29) is 6.07 Å². The summed E-state index contributed by atoms with van der Waals surface area (Å²) in [7, 11) is 0. The minimum absolute atomic E-state index is 0.128.